The molecular weight excluding hydrogens is 338 g/mol. The Hall–Kier alpha value is -2.82. The van der Waals surface area contributed by atoms with Gasteiger partial charge in [-0.1, -0.05) is 32.0 Å². The second-order valence-electron chi connectivity index (χ2n) is 7.66. The van der Waals surface area contributed by atoms with E-state index in [2.05, 4.69) is 41.8 Å². The minimum absolute atomic E-state index is 0.0253. The van der Waals surface area contributed by atoms with Gasteiger partial charge in [-0.15, -0.1) is 0 Å². The Morgan fingerprint density at radius 1 is 1.15 bits per heavy atom. The number of phenols is 1. The first-order valence-electron chi connectivity index (χ1n) is 9.53. The molecule has 2 aliphatic rings. The Morgan fingerprint density at radius 2 is 1.96 bits per heavy atom. The van der Waals surface area contributed by atoms with E-state index in [1.807, 2.05) is 6.20 Å². The molecule has 3 heterocycles. The van der Waals surface area contributed by atoms with Crippen LogP contribution < -0.4 is 4.90 Å². The Morgan fingerprint density at radius 3 is 2.67 bits per heavy atom. The van der Waals surface area contributed by atoms with Crippen molar-refractivity contribution in [3.8, 4) is 5.75 Å². The maximum atomic E-state index is 12.3. The molecule has 2 aliphatic heterocycles. The van der Waals surface area contributed by atoms with Gasteiger partial charge in [-0.25, -0.2) is 4.98 Å². The van der Waals surface area contributed by atoms with Crippen molar-refractivity contribution in [1.82, 2.24) is 9.88 Å². The molecule has 2 bridgehead atoms. The summed E-state index contributed by atoms with van der Waals surface area (Å²) < 4.78 is 0. The van der Waals surface area contributed by atoms with Crippen molar-refractivity contribution in [3.63, 3.8) is 0 Å². The number of phenolic OH excluding ortho intramolecular Hbond substituents is 1. The highest BCUT2D eigenvalue weighted by Gasteiger charge is 2.42. The molecule has 4 rings (SSSR count). The van der Waals surface area contributed by atoms with Gasteiger partial charge >= 0.3 is 0 Å². The minimum atomic E-state index is -0.168. The lowest BCUT2D eigenvalue weighted by Crippen LogP contribution is -2.44. The summed E-state index contributed by atoms with van der Waals surface area (Å²) in [7, 11) is 0. The second kappa shape index (κ2) is 7.06. The summed E-state index contributed by atoms with van der Waals surface area (Å²) >= 11 is 0. The number of hydrogen-bond donors (Lipinski definition) is 1. The van der Waals surface area contributed by atoms with Gasteiger partial charge in [0.15, 0.2) is 5.78 Å². The van der Waals surface area contributed by atoms with Gasteiger partial charge in [0.25, 0.3) is 0 Å². The summed E-state index contributed by atoms with van der Waals surface area (Å²) in [4.78, 5) is 21.8. The van der Waals surface area contributed by atoms with E-state index in [1.54, 1.807) is 24.3 Å². The molecule has 140 valence electrons. The number of para-hydroxylation sites is 1. The normalized spacial score (nSPS) is 21.6. The predicted molar refractivity (Wildman–Crippen MR) is 106 cm³/mol. The van der Waals surface area contributed by atoms with Gasteiger partial charge in [0.1, 0.15) is 11.6 Å². The highest BCUT2D eigenvalue weighted by molar-refractivity contribution is 6.06. The van der Waals surface area contributed by atoms with Crippen LogP contribution in [0.15, 0.2) is 54.7 Å². The Bertz CT molecular complexity index is 877. The van der Waals surface area contributed by atoms with Crippen molar-refractivity contribution in [2.24, 2.45) is 0 Å². The third-order valence-electron chi connectivity index (χ3n) is 5.51. The molecule has 1 N–H and O–H groups in total. The number of rotatable bonds is 5. The van der Waals surface area contributed by atoms with E-state index in [9.17, 15) is 9.90 Å². The monoisotopic (exact) mass is 363 g/mol. The van der Waals surface area contributed by atoms with Crippen molar-refractivity contribution in [3.05, 3.63) is 66.0 Å². The van der Waals surface area contributed by atoms with Crippen LogP contribution in [-0.4, -0.2) is 45.9 Å². The van der Waals surface area contributed by atoms with Gasteiger partial charge in [0, 0.05) is 43.1 Å². The number of benzene rings is 1. The average molecular weight is 363 g/mol. The second-order valence-corrected chi connectivity index (χ2v) is 7.66. The molecule has 5 heteroatoms. The zero-order valence-corrected chi connectivity index (χ0v) is 15.7. The third-order valence-corrected chi connectivity index (χ3v) is 5.51. The van der Waals surface area contributed by atoms with Gasteiger partial charge in [-0.3, -0.25) is 4.79 Å². The number of likely N-dealkylation sites (tertiary alicyclic amines) is 1. The van der Waals surface area contributed by atoms with Gasteiger partial charge in [-0.2, -0.15) is 0 Å². The highest BCUT2D eigenvalue weighted by atomic mass is 16.3. The zero-order chi connectivity index (χ0) is 19.0. The van der Waals surface area contributed by atoms with Crippen LogP contribution in [0.1, 0.15) is 42.2 Å². The summed E-state index contributed by atoms with van der Waals surface area (Å²) in [5.74, 6) is 1.34. The third kappa shape index (κ3) is 3.42. The number of aromatic nitrogens is 1. The molecule has 1 aromatic heterocycles. The van der Waals surface area contributed by atoms with E-state index in [0.717, 1.165) is 31.0 Å². The summed E-state index contributed by atoms with van der Waals surface area (Å²) in [6.07, 6.45) is 4.54. The summed E-state index contributed by atoms with van der Waals surface area (Å²) in [5.41, 5.74) is 1.47. The first-order valence-corrected chi connectivity index (χ1v) is 9.53. The molecule has 27 heavy (non-hydrogen) atoms. The van der Waals surface area contributed by atoms with Crippen LogP contribution in [0, 0.1) is 0 Å². The number of aromatic hydroxyl groups is 1. The van der Waals surface area contributed by atoms with Crippen LogP contribution >= 0.6 is 0 Å². The van der Waals surface area contributed by atoms with E-state index >= 15 is 0 Å². The van der Waals surface area contributed by atoms with Crippen molar-refractivity contribution in [2.75, 3.05) is 18.0 Å². The average Bonchev–Trinajstić information content (AvgIpc) is 3.27. The molecule has 0 amide bonds. The first-order chi connectivity index (χ1) is 13.0. The molecule has 1 aromatic carbocycles. The fourth-order valence-corrected chi connectivity index (χ4v) is 4.02. The van der Waals surface area contributed by atoms with E-state index in [4.69, 9.17) is 4.98 Å². The number of ketones is 1. The van der Waals surface area contributed by atoms with E-state index in [1.165, 1.54) is 6.07 Å². The molecule has 2 atom stereocenters. The lowest BCUT2D eigenvalue weighted by molar-refractivity contribution is 0.104. The maximum Gasteiger partial charge on any atom is 0.190 e. The molecular formula is C22H25N3O2. The van der Waals surface area contributed by atoms with Gasteiger partial charge in [0.05, 0.1) is 5.56 Å². The molecule has 0 spiro atoms. The number of allylic oxidation sites excluding steroid dienone is 1. The number of hydrogen-bond acceptors (Lipinski definition) is 5. The van der Waals surface area contributed by atoms with Crippen molar-refractivity contribution < 1.29 is 9.90 Å². The fourth-order valence-electron chi connectivity index (χ4n) is 4.02. The number of pyridine rings is 1. The molecule has 0 aliphatic carbocycles. The number of anilines is 1. The topological polar surface area (TPSA) is 56.7 Å². The number of piperazine rings is 1. The van der Waals surface area contributed by atoms with Crippen LogP contribution in [0.4, 0.5) is 5.82 Å². The van der Waals surface area contributed by atoms with Crippen molar-refractivity contribution in [2.45, 2.75) is 38.3 Å². The molecule has 0 saturated carbocycles. The minimum Gasteiger partial charge on any atom is -0.507 e. The van der Waals surface area contributed by atoms with Crippen molar-refractivity contribution in [1.29, 1.82) is 0 Å². The van der Waals surface area contributed by atoms with Gasteiger partial charge in [-0.05, 0) is 36.6 Å². The lowest BCUT2D eigenvalue weighted by atomic mass is 10.1. The van der Waals surface area contributed by atoms with Crippen LogP contribution in [0.5, 0.6) is 5.75 Å². The molecule has 5 nitrogen and oxygen atoms in total. The molecule has 2 fully saturated rings. The van der Waals surface area contributed by atoms with Crippen LogP contribution in [-0.2, 0) is 0 Å². The van der Waals surface area contributed by atoms with Crippen LogP contribution in [0.2, 0.25) is 0 Å². The molecule has 0 unspecified atom stereocenters. The SMILES string of the molecule is CC(C)c1cccc(N2C[C@H]3C[C@@H]2CN3/C=C/C(=O)c2ccccc2O)n1. The summed E-state index contributed by atoms with van der Waals surface area (Å²) in [6, 6.07) is 13.7. The molecule has 2 aromatic rings. The highest BCUT2D eigenvalue weighted by Crippen LogP contribution is 2.34. The zero-order valence-electron chi connectivity index (χ0n) is 15.7. The van der Waals surface area contributed by atoms with Gasteiger partial charge < -0.3 is 14.9 Å². The quantitative estimate of drug-likeness (QED) is 0.650. The number of carbonyl (C=O) groups is 1. The Labute approximate surface area is 159 Å². The Kier molecular flexibility index (Phi) is 4.60. The van der Waals surface area contributed by atoms with Gasteiger partial charge in [0.2, 0.25) is 0 Å². The number of carbonyl (C=O) groups excluding carboxylic acids is 1. The largest absolute Gasteiger partial charge is 0.507 e. The first kappa shape index (κ1) is 17.6. The molecule has 0 radical (unpaired) electrons. The molecule has 2 saturated heterocycles. The Balaban J connectivity index is 1.42. The van der Waals surface area contributed by atoms with E-state index in [-0.39, 0.29) is 11.5 Å². The number of fused-ring (bicyclic) bond motifs is 2. The smallest absolute Gasteiger partial charge is 0.190 e. The summed E-state index contributed by atoms with van der Waals surface area (Å²) in [5, 5.41) is 9.82. The van der Waals surface area contributed by atoms with E-state index in [0.29, 0.717) is 23.6 Å². The lowest BCUT2D eigenvalue weighted by Gasteiger charge is -2.34. The summed E-state index contributed by atoms with van der Waals surface area (Å²) in [6.45, 7) is 6.14. The standard InChI is InChI=1S/C22H25N3O2/c1-15(2)19-7-5-9-22(23-19)25-14-16-12-17(25)13-24(16)11-10-21(27)18-6-3-4-8-20(18)26/h3-11,15-17,26H,12-14H2,1-2H3/b11-10+/t16-,17-/m1/s1. The maximum absolute atomic E-state index is 12.3. The van der Waals surface area contributed by atoms with E-state index < -0.39 is 0 Å². The van der Waals surface area contributed by atoms with Crippen LogP contribution in [0.25, 0.3) is 0 Å². The number of nitrogens with zero attached hydrogens (tertiary/aromatic N) is 3. The van der Waals surface area contributed by atoms with Crippen LogP contribution in [0.3, 0.4) is 0 Å². The predicted octanol–water partition coefficient (Wildman–Crippen LogP) is 3.57. The van der Waals surface area contributed by atoms with Crippen molar-refractivity contribution >= 4 is 11.6 Å². The fraction of sp³-hybridized carbons (Fsp3) is 0.364.